The summed E-state index contributed by atoms with van der Waals surface area (Å²) >= 11 is 0. The Kier molecular flexibility index (Phi) is 5.18. The third-order valence-electron chi connectivity index (χ3n) is 3.46. The Hall–Kier alpha value is -1.81. The quantitative estimate of drug-likeness (QED) is 0.842. The van der Waals surface area contributed by atoms with Crippen molar-refractivity contribution in [1.82, 2.24) is 15.1 Å². The predicted octanol–water partition coefficient (Wildman–Crippen LogP) is 3.15. The fraction of sp³-hybridized carbons (Fsp3) is 0.438. The van der Waals surface area contributed by atoms with Gasteiger partial charge in [0.2, 0.25) is 0 Å². The summed E-state index contributed by atoms with van der Waals surface area (Å²) in [6.07, 6.45) is 4.95. The van der Waals surface area contributed by atoms with Crippen LogP contribution < -0.4 is 10.1 Å². The van der Waals surface area contributed by atoms with E-state index in [1.54, 1.807) is 0 Å². The smallest absolute Gasteiger partial charge is 0.119 e. The molecule has 2 aromatic rings. The van der Waals surface area contributed by atoms with Gasteiger partial charge in [-0.3, -0.25) is 4.68 Å². The van der Waals surface area contributed by atoms with Crippen molar-refractivity contribution in [2.45, 2.75) is 39.5 Å². The first kappa shape index (κ1) is 14.6. The molecule has 2 rings (SSSR count). The van der Waals surface area contributed by atoms with Crippen LogP contribution in [0.1, 0.15) is 37.4 Å². The Morgan fingerprint density at radius 2 is 2.00 bits per heavy atom. The summed E-state index contributed by atoms with van der Waals surface area (Å²) in [6, 6.07) is 8.70. The molecule has 0 aliphatic rings. The van der Waals surface area contributed by atoms with Crippen molar-refractivity contribution in [2.75, 3.05) is 7.05 Å². The molecule has 1 atom stereocenters. The highest BCUT2D eigenvalue weighted by Gasteiger charge is 2.06. The van der Waals surface area contributed by atoms with Crippen LogP contribution in [0.15, 0.2) is 36.7 Å². The highest BCUT2D eigenvalue weighted by molar-refractivity contribution is 5.29. The van der Waals surface area contributed by atoms with Gasteiger partial charge in [0, 0.05) is 24.3 Å². The van der Waals surface area contributed by atoms with Crippen molar-refractivity contribution in [3.05, 3.63) is 47.8 Å². The van der Waals surface area contributed by atoms with Crippen molar-refractivity contribution in [3.8, 4) is 5.75 Å². The molecule has 1 heterocycles. The standard InChI is InChI=1S/C16H23N3O/c1-4-16(17-3)14-6-8-15(9-7-14)20-12-13-10-18-19(5-2)11-13/h6-11,16-17H,4-5,12H2,1-3H3. The van der Waals surface area contributed by atoms with Crippen LogP contribution in [-0.2, 0) is 13.2 Å². The SMILES string of the molecule is CCC(NC)c1ccc(OCc2cnn(CC)c2)cc1. The molecular weight excluding hydrogens is 250 g/mol. The van der Waals surface area contributed by atoms with Crippen molar-refractivity contribution >= 4 is 0 Å². The minimum atomic E-state index is 0.409. The summed E-state index contributed by atoms with van der Waals surface area (Å²) < 4.78 is 7.68. The Bertz CT molecular complexity index is 515. The molecule has 0 saturated carbocycles. The number of nitrogens with zero attached hydrogens (tertiary/aromatic N) is 2. The maximum atomic E-state index is 5.78. The monoisotopic (exact) mass is 273 g/mol. The lowest BCUT2D eigenvalue weighted by Crippen LogP contribution is -2.14. The largest absolute Gasteiger partial charge is 0.489 e. The number of nitrogens with one attached hydrogen (secondary N) is 1. The molecule has 0 fully saturated rings. The second kappa shape index (κ2) is 7.10. The molecule has 4 heteroatoms. The zero-order valence-electron chi connectivity index (χ0n) is 12.5. The predicted molar refractivity (Wildman–Crippen MR) is 80.8 cm³/mol. The van der Waals surface area contributed by atoms with Gasteiger partial charge in [0.15, 0.2) is 0 Å². The lowest BCUT2D eigenvalue weighted by atomic mass is 10.0. The third-order valence-corrected chi connectivity index (χ3v) is 3.46. The van der Waals surface area contributed by atoms with E-state index in [1.165, 1.54) is 5.56 Å². The Morgan fingerprint density at radius 1 is 1.25 bits per heavy atom. The molecule has 0 spiro atoms. The molecule has 0 bridgehead atoms. The van der Waals surface area contributed by atoms with Crippen LogP contribution in [0.25, 0.3) is 0 Å². The van der Waals surface area contributed by atoms with Crippen LogP contribution >= 0.6 is 0 Å². The van der Waals surface area contributed by atoms with Crippen molar-refractivity contribution < 1.29 is 4.74 Å². The van der Waals surface area contributed by atoms with E-state index in [4.69, 9.17) is 4.74 Å². The first-order valence-electron chi connectivity index (χ1n) is 7.18. The van der Waals surface area contributed by atoms with Crippen LogP contribution in [0.3, 0.4) is 0 Å². The van der Waals surface area contributed by atoms with Crippen LogP contribution in [0.2, 0.25) is 0 Å². The van der Waals surface area contributed by atoms with Gasteiger partial charge in [-0.1, -0.05) is 19.1 Å². The van der Waals surface area contributed by atoms with E-state index >= 15 is 0 Å². The first-order chi connectivity index (χ1) is 9.76. The molecule has 108 valence electrons. The minimum Gasteiger partial charge on any atom is -0.489 e. The number of ether oxygens (including phenoxy) is 1. The average molecular weight is 273 g/mol. The van der Waals surface area contributed by atoms with E-state index in [2.05, 4.69) is 36.4 Å². The average Bonchev–Trinajstić information content (AvgIpc) is 2.96. The van der Waals surface area contributed by atoms with Gasteiger partial charge in [0.05, 0.1) is 6.20 Å². The van der Waals surface area contributed by atoms with Crippen LogP contribution in [0.4, 0.5) is 0 Å². The topological polar surface area (TPSA) is 39.1 Å². The molecule has 0 aliphatic heterocycles. The van der Waals surface area contributed by atoms with Crippen LogP contribution in [-0.4, -0.2) is 16.8 Å². The Balaban J connectivity index is 1.93. The van der Waals surface area contributed by atoms with E-state index in [0.29, 0.717) is 12.6 Å². The number of benzene rings is 1. The Labute approximate surface area is 120 Å². The first-order valence-corrected chi connectivity index (χ1v) is 7.18. The molecule has 0 radical (unpaired) electrons. The summed E-state index contributed by atoms with van der Waals surface area (Å²) in [5.41, 5.74) is 2.39. The van der Waals surface area contributed by atoms with Gasteiger partial charge in [-0.15, -0.1) is 0 Å². The zero-order chi connectivity index (χ0) is 14.4. The molecule has 1 unspecified atom stereocenters. The third kappa shape index (κ3) is 3.61. The molecule has 0 aliphatic carbocycles. The van der Waals surface area contributed by atoms with Gasteiger partial charge >= 0.3 is 0 Å². The van der Waals surface area contributed by atoms with Crippen molar-refractivity contribution in [1.29, 1.82) is 0 Å². The minimum absolute atomic E-state index is 0.409. The van der Waals surface area contributed by atoms with Crippen molar-refractivity contribution in [3.63, 3.8) is 0 Å². The summed E-state index contributed by atoms with van der Waals surface area (Å²) in [4.78, 5) is 0. The molecule has 20 heavy (non-hydrogen) atoms. The normalized spacial score (nSPS) is 12.3. The maximum absolute atomic E-state index is 5.78. The highest BCUT2D eigenvalue weighted by atomic mass is 16.5. The van der Waals surface area contributed by atoms with Gasteiger partial charge < -0.3 is 10.1 Å². The van der Waals surface area contributed by atoms with E-state index in [9.17, 15) is 0 Å². The van der Waals surface area contributed by atoms with Gasteiger partial charge in [0.25, 0.3) is 0 Å². The lowest BCUT2D eigenvalue weighted by molar-refractivity contribution is 0.306. The fourth-order valence-corrected chi connectivity index (χ4v) is 2.22. The van der Waals surface area contributed by atoms with E-state index in [-0.39, 0.29) is 0 Å². The van der Waals surface area contributed by atoms with Gasteiger partial charge in [-0.2, -0.15) is 5.10 Å². The number of rotatable bonds is 7. The number of aryl methyl sites for hydroxylation is 1. The summed E-state index contributed by atoms with van der Waals surface area (Å²) in [5, 5.41) is 7.54. The van der Waals surface area contributed by atoms with Gasteiger partial charge in [-0.25, -0.2) is 0 Å². The van der Waals surface area contributed by atoms with Crippen LogP contribution in [0.5, 0.6) is 5.75 Å². The van der Waals surface area contributed by atoms with E-state index in [0.717, 1.165) is 24.3 Å². The summed E-state index contributed by atoms with van der Waals surface area (Å²) in [7, 11) is 1.99. The molecule has 0 amide bonds. The van der Waals surface area contributed by atoms with Gasteiger partial charge in [-0.05, 0) is 38.1 Å². The Morgan fingerprint density at radius 3 is 2.55 bits per heavy atom. The lowest BCUT2D eigenvalue weighted by Gasteiger charge is -2.14. The fourth-order valence-electron chi connectivity index (χ4n) is 2.22. The molecule has 1 aromatic heterocycles. The summed E-state index contributed by atoms with van der Waals surface area (Å²) in [5.74, 6) is 0.893. The molecule has 1 N–H and O–H groups in total. The molecule has 0 saturated heterocycles. The molecule has 1 aromatic carbocycles. The van der Waals surface area contributed by atoms with E-state index < -0.39 is 0 Å². The second-order valence-corrected chi connectivity index (χ2v) is 4.81. The summed E-state index contributed by atoms with van der Waals surface area (Å²) in [6.45, 7) is 5.69. The maximum Gasteiger partial charge on any atom is 0.119 e. The number of hydrogen-bond acceptors (Lipinski definition) is 3. The van der Waals surface area contributed by atoms with Gasteiger partial charge in [0.1, 0.15) is 12.4 Å². The molecular formula is C16H23N3O. The second-order valence-electron chi connectivity index (χ2n) is 4.81. The highest BCUT2D eigenvalue weighted by Crippen LogP contribution is 2.20. The number of aromatic nitrogens is 2. The van der Waals surface area contributed by atoms with Crippen molar-refractivity contribution in [2.24, 2.45) is 0 Å². The molecule has 4 nitrogen and oxygen atoms in total. The van der Waals surface area contributed by atoms with Crippen LogP contribution in [0, 0.1) is 0 Å². The van der Waals surface area contributed by atoms with E-state index in [1.807, 2.05) is 36.3 Å². The zero-order valence-corrected chi connectivity index (χ0v) is 12.5. The number of hydrogen-bond donors (Lipinski definition) is 1.